The number of piperidine rings is 1. The Bertz CT molecular complexity index is 994. The number of hydrogen-bond acceptors (Lipinski definition) is 4. The SMILES string of the molecule is NCCCCCn1c(CN2CCC[C@H]3CCc4cccnc4[C@H]32)nc2ccccc21. The zero-order chi connectivity index (χ0) is 20.3. The standard InChI is InChI=1S/C25H33N5/c26-14-4-1-5-17-30-22-11-3-2-10-21(22)28-23(30)18-29-16-7-9-20-13-12-19-8-6-15-27-24(19)25(20)29/h2-3,6,8,10-11,15,20,25H,1,4-5,7,9,12-14,16-18,26H2/t20-,25-/m0/s1. The predicted molar refractivity (Wildman–Crippen MR) is 121 cm³/mol. The fourth-order valence-electron chi connectivity index (χ4n) is 5.57. The summed E-state index contributed by atoms with van der Waals surface area (Å²) < 4.78 is 2.46. The van der Waals surface area contributed by atoms with E-state index >= 15 is 0 Å². The van der Waals surface area contributed by atoms with Crippen molar-refractivity contribution < 1.29 is 0 Å². The summed E-state index contributed by atoms with van der Waals surface area (Å²) in [7, 11) is 0. The van der Waals surface area contributed by atoms with Gasteiger partial charge in [-0.25, -0.2) is 4.98 Å². The van der Waals surface area contributed by atoms with Gasteiger partial charge in [-0.15, -0.1) is 0 Å². The second kappa shape index (κ2) is 8.86. The van der Waals surface area contributed by atoms with E-state index in [0.717, 1.165) is 50.5 Å². The number of nitrogens with zero attached hydrogens (tertiary/aromatic N) is 4. The summed E-state index contributed by atoms with van der Waals surface area (Å²) in [6.07, 6.45) is 10.5. The maximum atomic E-state index is 5.70. The summed E-state index contributed by atoms with van der Waals surface area (Å²) in [4.78, 5) is 12.6. The van der Waals surface area contributed by atoms with E-state index in [4.69, 9.17) is 15.7 Å². The summed E-state index contributed by atoms with van der Waals surface area (Å²) in [6, 6.07) is 13.4. The molecule has 158 valence electrons. The summed E-state index contributed by atoms with van der Waals surface area (Å²) >= 11 is 0. The van der Waals surface area contributed by atoms with E-state index in [1.165, 1.54) is 54.7 Å². The van der Waals surface area contributed by atoms with Crippen molar-refractivity contribution in [2.75, 3.05) is 13.1 Å². The average Bonchev–Trinajstić information content (AvgIpc) is 3.13. The van der Waals surface area contributed by atoms with Crippen LogP contribution in [0.3, 0.4) is 0 Å². The number of fused-ring (bicyclic) bond motifs is 4. The number of rotatable bonds is 7. The Kier molecular flexibility index (Phi) is 5.82. The number of likely N-dealkylation sites (tertiary alicyclic amines) is 1. The van der Waals surface area contributed by atoms with Gasteiger partial charge in [-0.05, 0) is 81.3 Å². The van der Waals surface area contributed by atoms with Gasteiger partial charge in [0.1, 0.15) is 5.82 Å². The Morgan fingerprint density at radius 3 is 2.90 bits per heavy atom. The number of pyridine rings is 1. The van der Waals surface area contributed by atoms with Gasteiger partial charge in [0.05, 0.1) is 29.3 Å². The van der Waals surface area contributed by atoms with Gasteiger partial charge < -0.3 is 10.3 Å². The first-order valence-corrected chi connectivity index (χ1v) is 11.7. The predicted octanol–water partition coefficient (Wildman–Crippen LogP) is 4.46. The fraction of sp³-hybridized carbons (Fsp3) is 0.520. The van der Waals surface area contributed by atoms with Crippen LogP contribution < -0.4 is 5.73 Å². The maximum absolute atomic E-state index is 5.70. The lowest BCUT2D eigenvalue weighted by Crippen LogP contribution is -2.41. The second-order valence-corrected chi connectivity index (χ2v) is 8.92. The third-order valence-electron chi connectivity index (χ3n) is 7.01. The van der Waals surface area contributed by atoms with Crippen LogP contribution in [-0.2, 0) is 19.5 Å². The molecule has 0 spiro atoms. The van der Waals surface area contributed by atoms with E-state index in [-0.39, 0.29) is 0 Å². The number of nitrogens with two attached hydrogens (primary N) is 1. The van der Waals surface area contributed by atoms with Crippen LogP contribution in [0.25, 0.3) is 11.0 Å². The lowest BCUT2D eigenvalue weighted by molar-refractivity contribution is 0.0664. The summed E-state index contributed by atoms with van der Waals surface area (Å²) in [5, 5.41) is 0. The summed E-state index contributed by atoms with van der Waals surface area (Å²) in [5.74, 6) is 1.93. The summed E-state index contributed by atoms with van der Waals surface area (Å²) in [5.41, 5.74) is 10.8. The molecule has 0 saturated carbocycles. The van der Waals surface area contributed by atoms with Crippen LogP contribution in [0.2, 0.25) is 0 Å². The number of aromatic nitrogens is 3. The van der Waals surface area contributed by atoms with Gasteiger partial charge >= 0.3 is 0 Å². The van der Waals surface area contributed by atoms with Gasteiger partial charge in [-0.1, -0.05) is 24.6 Å². The first-order chi connectivity index (χ1) is 14.8. The zero-order valence-corrected chi connectivity index (χ0v) is 17.8. The minimum Gasteiger partial charge on any atom is -0.330 e. The molecule has 0 amide bonds. The molecule has 1 aliphatic heterocycles. The molecule has 5 nitrogen and oxygen atoms in total. The highest BCUT2D eigenvalue weighted by atomic mass is 15.2. The molecular weight excluding hydrogens is 370 g/mol. The normalized spacial score (nSPS) is 21.5. The molecule has 0 radical (unpaired) electrons. The van der Waals surface area contributed by atoms with Crippen molar-refractivity contribution >= 4 is 11.0 Å². The number of imidazole rings is 1. The van der Waals surface area contributed by atoms with Gasteiger partial charge in [0, 0.05) is 12.7 Å². The number of para-hydroxylation sites is 2. The van der Waals surface area contributed by atoms with E-state index in [9.17, 15) is 0 Å². The Balaban J connectivity index is 1.45. The molecule has 5 heteroatoms. The molecule has 0 bridgehead atoms. The van der Waals surface area contributed by atoms with Crippen LogP contribution in [0.15, 0.2) is 42.6 Å². The quantitative estimate of drug-likeness (QED) is 0.592. The highest BCUT2D eigenvalue weighted by Gasteiger charge is 2.38. The minimum atomic E-state index is 0.439. The molecule has 1 aromatic carbocycles. The van der Waals surface area contributed by atoms with Crippen molar-refractivity contribution in [3.8, 4) is 0 Å². The molecular formula is C25H33N5. The Hall–Kier alpha value is -2.24. The van der Waals surface area contributed by atoms with E-state index in [1.54, 1.807) is 0 Å². The van der Waals surface area contributed by atoms with Crippen molar-refractivity contribution in [3.05, 3.63) is 59.7 Å². The first-order valence-electron chi connectivity index (χ1n) is 11.7. The molecule has 2 atom stereocenters. The Labute approximate surface area is 179 Å². The lowest BCUT2D eigenvalue weighted by Gasteiger charge is -2.44. The Morgan fingerprint density at radius 2 is 1.97 bits per heavy atom. The summed E-state index contributed by atoms with van der Waals surface area (Å²) in [6.45, 7) is 3.84. The number of aryl methyl sites for hydroxylation is 2. The van der Waals surface area contributed by atoms with Crippen LogP contribution in [0.4, 0.5) is 0 Å². The Morgan fingerprint density at radius 1 is 1.03 bits per heavy atom. The van der Waals surface area contributed by atoms with E-state index in [1.807, 2.05) is 6.20 Å². The van der Waals surface area contributed by atoms with Crippen molar-refractivity contribution in [1.29, 1.82) is 0 Å². The maximum Gasteiger partial charge on any atom is 0.124 e. The van der Waals surface area contributed by atoms with Gasteiger partial charge in [-0.3, -0.25) is 9.88 Å². The van der Waals surface area contributed by atoms with E-state index in [2.05, 4.69) is 45.9 Å². The van der Waals surface area contributed by atoms with Crippen molar-refractivity contribution in [2.24, 2.45) is 11.7 Å². The number of unbranched alkanes of at least 4 members (excludes halogenated alkanes) is 2. The molecule has 2 aliphatic rings. The third-order valence-corrected chi connectivity index (χ3v) is 7.01. The van der Waals surface area contributed by atoms with Gasteiger partial charge in [0.25, 0.3) is 0 Å². The smallest absolute Gasteiger partial charge is 0.124 e. The highest BCUT2D eigenvalue weighted by molar-refractivity contribution is 5.75. The number of benzene rings is 1. The average molecular weight is 404 g/mol. The molecule has 3 heterocycles. The van der Waals surface area contributed by atoms with Crippen molar-refractivity contribution in [1.82, 2.24) is 19.4 Å². The molecule has 3 aromatic rings. The third kappa shape index (κ3) is 3.77. The zero-order valence-electron chi connectivity index (χ0n) is 17.8. The molecule has 1 fully saturated rings. The molecule has 2 N–H and O–H groups in total. The van der Waals surface area contributed by atoms with E-state index in [0.29, 0.717) is 6.04 Å². The minimum absolute atomic E-state index is 0.439. The van der Waals surface area contributed by atoms with Crippen LogP contribution in [0.5, 0.6) is 0 Å². The van der Waals surface area contributed by atoms with Gasteiger partial charge in [0.15, 0.2) is 0 Å². The first kappa shape index (κ1) is 19.7. The molecule has 2 aromatic heterocycles. The lowest BCUT2D eigenvalue weighted by atomic mass is 9.77. The second-order valence-electron chi connectivity index (χ2n) is 8.92. The fourth-order valence-corrected chi connectivity index (χ4v) is 5.57. The molecule has 30 heavy (non-hydrogen) atoms. The van der Waals surface area contributed by atoms with Crippen LogP contribution in [0, 0.1) is 5.92 Å². The molecule has 0 unspecified atom stereocenters. The topological polar surface area (TPSA) is 60.0 Å². The monoisotopic (exact) mass is 403 g/mol. The van der Waals surface area contributed by atoms with Gasteiger partial charge in [0.2, 0.25) is 0 Å². The van der Waals surface area contributed by atoms with Crippen molar-refractivity contribution in [2.45, 2.75) is 64.1 Å². The molecule has 1 aliphatic carbocycles. The van der Waals surface area contributed by atoms with Crippen LogP contribution in [-0.4, -0.2) is 32.5 Å². The van der Waals surface area contributed by atoms with Crippen LogP contribution in [0.1, 0.15) is 61.6 Å². The molecule has 5 rings (SSSR count). The van der Waals surface area contributed by atoms with Gasteiger partial charge in [-0.2, -0.15) is 0 Å². The van der Waals surface area contributed by atoms with E-state index < -0.39 is 0 Å². The highest BCUT2D eigenvalue weighted by Crippen LogP contribution is 2.43. The largest absolute Gasteiger partial charge is 0.330 e. The molecule has 1 saturated heterocycles. The number of hydrogen-bond donors (Lipinski definition) is 1. The van der Waals surface area contributed by atoms with Crippen LogP contribution >= 0.6 is 0 Å². The van der Waals surface area contributed by atoms with Crippen molar-refractivity contribution in [3.63, 3.8) is 0 Å².